The number of nitrogen functional groups attached to an aromatic ring is 1. The van der Waals surface area contributed by atoms with E-state index < -0.39 is 0 Å². The van der Waals surface area contributed by atoms with Crippen LogP contribution in [0.25, 0.3) is 11.2 Å². The summed E-state index contributed by atoms with van der Waals surface area (Å²) >= 11 is 3.36. The molecule has 0 aromatic carbocycles. The molecule has 1 aliphatic rings. The average Bonchev–Trinajstić information content (AvgIpc) is 2.86. The fourth-order valence-electron chi connectivity index (χ4n) is 1.89. The molecule has 2 aromatic heterocycles. The number of allylic oxidation sites excluding steroid dienone is 2. The van der Waals surface area contributed by atoms with E-state index in [1.165, 1.54) is 0 Å². The summed E-state index contributed by atoms with van der Waals surface area (Å²) in [4.78, 5) is 8.42. The van der Waals surface area contributed by atoms with Crippen molar-refractivity contribution < 1.29 is 4.63 Å². The summed E-state index contributed by atoms with van der Waals surface area (Å²) in [6.07, 6.45) is 4.38. The van der Waals surface area contributed by atoms with Crippen molar-refractivity contribution in [3.63, 3.8) is 0 Å². The largest absolute Gasteiger partial charge is 0.396 e. The number of aliphatic imine (C=N–C) groups is 1. The van der Waals surface area contributed by atoms with Gasteiger partial charge in [-0.25, -0.2) is 14.6 Å². The van der Waals surface area contributed by atoms with Crippen LogP contribution in [0.5, 0.6) is 0 Å². The molecule has 0 saturated heterocycles. The Balaban J connectivity index is 2.23. The number of aromatic nitrogens is 3. The first-order chi connectivity index (χ1) is 9.15. The highest BCUT2D eigenvalue weighted by Gasteiger charge is 2.18. The first-order valence-corrected chi connectivity index (χ1v) is 6.31. The summed E-state index contributed by atoms with van der Waals surface area (Å²) in [5, 5.41) is 15.3. The van der Waals surface area contributed by atoms with Crippen LogP contribution in [0.4, 0.5) is 5.69 Å². The van der Waals surface area contributed by atoms with Gasteiger partial charge in [0.25, 0.3) is 0 Å². The zero-order chi connectivity index (χ0) is 13.4. The van der Waals surface area contributed by atoms with Crippen LogP contribution in [0, 0.1) is 5.41 Å². The number of hydrogen-bond donors (Lipinski definition) is 2. The van der Waals surface area contributed by atoms with Crippen LogP contribution < -0.4 is 5.73 Å². The number of amidine groups is 1. The standard InChI is InChI=1S/C11H9BrN6O/c12-5-1-2-7-6(3-8(13)15-4-5)9(14)10-11(16-7)18-19-17-10/h1,4,13H,2-3,14H2/b5-1+,13-8?,15-4-. The van der Waals surface area contributed by atoms with E-state index in [4.69, 9.17) is 11.1 Å². The van der Waals surface area contributed by atoms with Crippen LogP contribution >= 0.6 is 15.9 Å². The van der Waals surface area contributed by atoms with Crippen LogP contribution in [-0.4, -0.2) is 27.3 Å². The van der Waals surface area contributed by atoms with Gasteiger partial charge in [-0.15, -0.1) is 0 Å². The van der Waals surface area contributed by atoms with E-state index in [9.17, 15) is 0 Å². The first kappa shape index (κ1) is 12.0. The van der Waals surface area contributed by atoms with Crippen molar-refractivity contribution in [3.8, 4) is 0 Å². The predicted molar refractivity (Wildman–Crippen MR) is 74.6 cm³/mol. The number of pyridine rings is 1. The third-order valence-electron chi connectivity index (χ3n) is 2.82. The van der Waals surface area contributed by atoms with Gasteiger partial charge >= 0.3 is 0 Å². The van der Waals surface area contributed by atoms with Crippen molar-refractivity contribution in [1.82, 2.24) is 15.3 Å². The number of anilines is 1. The lowest BCUT2D eigenvalue weighted by Crippen LogP contribution is -2.08. The van der Waals surface area contributed by atoms with Crippen molar-refractivity contribution in [2.24, 2.45) is 4.99 Å². The lowest BCUT2D eigenvalue weighted by Gasteiger charge is -2.08. The van der Waals surface area contributed by atoms with E-state index >= 15 is 0 Å². The van der Waals surface area contributed by atoms with E-state index in [0.717, 1.165) is 15.7 Å². The lowest BCUT2D eigenvalue weighted by molar-refractivity contribution is 0.315. The molecular weight excluding hydrogens is 312 g/mol. The number of fused-ring (bicyclic) bond motifs is 2. The molecule has 0 atom stereocenters. The Morgan fingerprint density at radius 3 is 3.05 bits per heavy atom. The highest BCUT2D eigenvalue weighted by Crippen LogP contribution is 2.26. The monoisotopic (exact) mass is 320 g/mol. The van der Waals surface area contributed by atoms with Crippen LogP contribution in [0.2, 0.25) is 0 Å². The SMILES string of the molecule is N=C1Cc2c(nc3nonc3c2N)C/C=C(Br)\C=N/1. The number of nitrogens with two attached hydrogens (primary N) is 1. The smallest absolute Gasteiger partial charge is 0.226 e. The topological polar surface area (TPSA) is 114 Å². The summed E-state index contributed by atoms with van der Waals surface area (Å²) in [5.41, 5.74) is 8.84. The van der Waals surface area contributed by atoms with Gasteiger partial charge in [0.2, 0.25) is 5.65 Å². The molecular formula is C11H9BrN6O. The second-order valence-corrected chi connectivity index (χ2v) is 4.98. The second-order valence-electron chi connectivity index (χ2n) is 4.06. The minimum absolute atomic E-state index is 0.206. The average molecular weight is 321 g/mol. The van der Waals surface area contributed by atoms with E-state index in [1.54, 1.807) is 6.21 Å². The second kappa shape index (κ2) is 4.54. The van der Waals surface area contributed by atoms with Gasteiger partial charge in [0.05, 0.1) is 11.4 Å². The molecule has 7 nitrogen and oxygen atoms in total. The van der Waals surface area contributed by atoms with E-state index in [1.807, 2.05) is 6.08 Å². The molecule has 3 rings (SSSR count). The molecule has 19 heavy (non-hydrogen) atoms. The molecule has 3 heterocycles. The molecule has 0 aliphatic carbocycles. The molecule has 0 radical (unpaired) electrons. The van der Waals surface area contributed by atoms with Gasteiger partial charge < -0.3 is 5.73 Å². The Kier molecular flexibility index (Phi) is 2.86. The maximum absolute atomic E-state index is 7.82. The Bertz CT molecular complexity index is 732. The molecule has 0 saturated carbocycles. The first-order valence-electron chi connectivity index (χ1n) is 5.52. The van der Waals surface area contributed by atoms with Gasteiger partial charge in [-0.1, -0.05) is 6.08 Å². The van der Waals surface area contributed by atoms with Crippen molar-refractivity contribution in [2.75, 3.05) is 5.73 Å². The molecule has 0 unspecified atom stereocenters. The number of halogens is 1. The minimum Gasteiger partial charge on any atom is -0.396 e. The molecule has 0 bridgehead atoms. The van der Waals surface area contributed by atoms with Crippen molar-refractivity contribution in [2.45, 2.75) is 12.8 Å². The summed E-state index contributed by atoms with van der Waals surface area (Å²) in [7, 11) is 0. The van der Waals surface area contributed by atoms with Crippen LogP contribution in [0.15, 0.2) is 20.2 Å². The molecule has 2 aromatic rings. The van der Waals surface area contributed by atoms with Gasteiger partial charge in [-0.05, 0) is 26.2 Å². The fraction of sp³-hybridized carbons (Fsp3) is 0.182. The molecule has 0 fully saturated rings. The number of nitrogens with one attached hydrogen (secondary N) is 1. The van der Waals surface area contributed by atoms with Crippen molar-refractivity contribution >= 4 is 44.8 Å². The molecule has 96 valence electrons. The van der Waals surface area contributed by atoms with Crippen LogP contribution in [0.3, 0.4) is 0 Å². The van der Waals surface area contributed by atoms with E-state index in [2.05, 4.69) is 40.8 Å². The minimum atomic E-state index is 0.206. The Labute approximate surface area is 116 Å². The van der Waals surface area contributed by atoms with Crippen molar-refractivity contribution in [3.05, 3.63) is 21.8 Å². The fourth-order valence-corrected chi connectivity index (χ4v) is 2.15. The Hall–Kier alpha value is -2.09. The molecule has 1 aliphatic heterocycles. The van der Waals surface area contributed by atoms with Gasteiger partial charge in [0, 0.05) is 29.1 Å². The zero-order valence-corrected chi connectivity index (χ0v) is 11.3. The highest BCUT2D eigenvalue weighted by molar-refractivity contribution is 9.12. The molecule has 0 spiro atoms. The summed E-state index contributed by atoms with van der Waals surface area (Å²) in [6, 6.07) is 0. The normalized spacial score (nSPS) is 20.1. The Morgan fingerprint density at radius 2 is 2.21 bits per heavy atom. The van der Waals surface area contributed by atoms with Crippen molar-refractivity contribution in [1.29, 1.82) is 5.41 Å². The summed E-state index contributed by atoms with van der Waals surface area (Å²) in [5.74, 6) is 0.206. The van der Waals surface area contributed by atoms with Gasteiger partial charge in [-0.3, -0.25) is 5.41 Å². The maximum atomic E-state index is 7.82. The maximum Gasteiger partial charge on any atom is 0.226 e. The highest BCUT2D eigenvalue weighted by atomic mass is 79.9. The summed E-state index contributed by atoms with van der Waals surface area (Å²) < 4.78 is 5.45. The Morgan fingerprint density at radius 1 is 1.37 bits per heavy atom. The molecule has 3 N–H and O–H groups in total. The van der Waals surface area contributed by atoms with Gasteiger partial charge in [0.15, 0.2) is 5.52 Å². The van der Waals surface area contributed by atoms with Gasteiger partial charge in [-0.2, -0.15) is 0 Å². The third-order valence-corrected chi connectivity index (χ3v) is 3.35. The van der Waals surface area contributed by atoms with E-state index in [-0.39, 0.29) is 5.84 Å². The predicted octanol–water partition coefficient (Wildman–Crippen LogP) is 1.63. The zero-order valence-electron chi connectivity index (χ0n) is 9.72. The van der Waals surface area contributed by atoms with Crippen LogP contribution in [0.1, 0.15) is 11.3 Å². The number of nitrogens with zero attached hydrogens (tertiary/aromatic N) is 4. The molecule has 8 heteroatoms. The summed E-state index contributed by atoms with van der Waals surface area (Å²) in [6.45, 7) is 0. The van der Waals surface area contributed by atoms with Gasteiger partial charge in [0.1, 0.15) is 5.84 Å². The van der Waals surface area contributed by atoms with E-state index in [0.29, 0.717) is 29.7 Å². The number of rotatable bonds is 0. The lowest BCUT2D eigenvalue weighted by atomic mass is 10.0. The molecule has 0 amide bonds. The van der Waals surface area contributed by atoms with Crippen LogP contribution in [-0.2, 0) is 12.8 Å². The number of hydrogen-bond acceptors (Lipinski definition) is 6. The quantitative estimate of drug-likeness (QED) is 0.765. The third kappa shape index (κ3) is 2.14.